The lowest BCUT2D eigenvalue weighted by atomic mass is 10.2. The molecule has 4 heteroatoms. The molecule has 0 atom stereocenters. The molecule has 0 saturated heterocycles. The third-order valence-corrected chi connectivity index (χ3v) is 2.42. The molecule has 0 aliphatic carbocycles. The summed E-state index contributed by atoms with van der Waals surface area (Å²) in [5.41, 5.74) is 1.18. The Hall–Kier alpha value is -2.10. The Morgan fingerprint density at radius 1 is 1.28 bits per heavy atom. The van der Waals surface area contributed by atoms with Gasteiger partial charge < -0.3 is 9.47 Å². The lowest BCUT2D eigenvalue weighted by molar-refractivity contribution is -0.136. The van der Waals surface area contributed by atoms with Crippen molar-refractivity contribution in [2.75, 3.05) is 13.7 Å². The van der Waals surface area contributed by atoms with Crippen LogP contribution in [0.25, 0.3) is 0 Å². The number of carbonyl (C=O) groups excluding carboxylic acids is 2. The van der Waals surface area contributed by atoms with Crippen LogP contribution in [0, 0.1) is 0 Å². The molecule has 0 heterocycles. The highest BCUT2D eigenvalue weighted by molar-refractivity contribution is 5.88. The second-order valence-electron chi connectivity index (χ2n) is 3.57. The van der Waals surface area contributed by atoms with Gasteiger partial charge in [-0.3, -0.25) is 4.79 Å². The Balaban J connectivity index is 2.56. The lowest BCUT2D eigenvalue weighted by Crippen LogP contribution is -2.06. The number of aldehydes is 1. The van der Waals surface area contributed by atoms with E-state index in [-0.39, 0.29) is 5.97 Å². The summed E-state index contributed by atoms with van der Waals surface area (Å²) < 4.78 is 10.1. The first-order valence-corrected chi connectivity index (χ1v) is 5.66. The zero-order valence-corrected chi connectivity index (χ0v) is 10.5. The van der Waals surface area contributed by atoms with Crippen LogP contribution >= 0.6 is 0 Å². The number of carbonyl (C=O) groups is 2. The van der Waals surface area contributed by atoms with Crippen molar-refractivity contribution in [1.29, 1.82) is 0 Å². The molecule has 0 aromatic heterocycles. The van der Waals surface area contributed by atoms with Crippen molar-refractivity contribution in [3.8, 4) is 5.75 Å². The van der Waals surface area contributed by atoms with Crippen LogP contribution < -0.4 is 4.74 Å². The minimum absolute atomic E-state index is 0.290. The third kappa shape index (κ3) is 4.05. The maximum Gasteiger partial charge on any atom is 0.333 e. The Labute approximate surface area is 106 Å². The van der Waals surface area contributed by atoms with Gasteiger partial charge >= 0.3 is 5.97 Å². The molecule has 0 aliphatic heterocycles. The maximum absolute atomic E-state index is 11.3. The minimum Gasteiger partial charge on any atom is -0.490 e. The van der Waals surface area contributed by atoms with E-state index in [9.17, 15) is 9.59 Å². The number of rotatable bonds is 6. The second-order valence-corrected chi connectivity index (χ2v) is 3.57. The normalized spacial score (nSPS) is 10.9. The van der Waals surface area contributed by atoms with Gasteiger partial charge in [0.1, 0.15) is 18.6 Å². The van der Waals surface area contributed by atoms with E-state index in [0.717, 1.165) is 6.29 Å². The van der Waals surface area contributed by atoms with Gasteiger partial charge in [-0.2, -0.15) is 0 Å². The van der Waals surface area contributed by atoms with Crippen LogP contribution in [0.15, 0.2) is 35.9 Å². The number of methoxy groups -OCH3 is 1. The number of hydrogen-bond acceptors (Lipinski definition) is 4. The van der Waals surface area contributed by atoms with Gasteiger partial charge in [-0.1, -0.05) is 6.92 Å². The average Bonchev–Trinajstić information content (AvgIpc) is 2.43. The van der Waals surface area contributed by atoms with Crippen LogP contribution in [0.3, 0.4) is 0 Å². The van der Waals surface area contributed by atoms with Crippen LogP contribution in [-0.2, 0) is 9.53 Å². The quantitative estimate of drug-likeness (QED) is 0.440. The topological polar surface area (TPSA) is 52.6 Å². The Kier molecular flexibility index (Phi) is 5.64. The fourth-order valence-electron chi connectivity index (χ4n) is 1.38. The lowest BCUT2D eigenvalue weighted by Gasteiger charge is -2.05. The number of esters is 1. The number of hydrogen-bond donors (Lipinski definition) is 0. The van der Waals surface area contributed by atoms with E-state index in [1.165, 1.54) is 7.11 Å². The summed E-state index contributed by atoms with van der Waals surface area (Å²) in [5, 5.41) is 0. The van der Waals surface area contributed by atoms with Gasteiger partial charge in [-0.25, -0.2) is 4.79 Å². The Bertz CT molecular complexity index is 432. The largest absolute Gasteiger partial charge is 0.490 e. The Morgan fingerprint density at radius 3 is 2.44 bits per heavy atom. The van der Waals surface area contributed by atoms with Gasteiger partial charge in [0.25, 0.3) is 0 Å². The van der Waals surface area contributed by atoms with Gasteiger partial charge in [0, 0.05) is 11.1 Å². The summed E-state index contributed by atoms with van der Waals surface area (Å²) in [6.45, 7) is 2.17. The molecule has 0 spiro atoms. The van der Waals surface area contributed by atoms with Crippen molar-refractivity contribution >= 4 is 12.3 Å². The van der Waals surface area contributed by atoms with Crippen molar-refractivity contribution in [2.45, 2.75) is 13.3 Å². The number of benzene rings is 1. The van der Waals surface area contributed by atoms with E-state index < -0.39 is 0 Å². The van der Waals surface area contributed by atoms with Gasteiger partial charge in [-0.05, 0) is 36.8 Å². The zero-order chi connectivity index (χ0) is 13.4. The molecule has 0 fully saturated rings. The molecule has 0 N–H and O–H groups in total. The van der Waals surface area contributed by atoms with Crippen molar-refractivity contribution in [1.82, 2.24) is 0 Å². The first kappa shape index (κ1) is 14.0. The van der Waals surface area contributed by atoms with Crippen LogP contribution in [0.2, 0.25) is 0 Å². The smallest absolute Gasteiger partial charge is 0.333 e. The third-order valence-electron chi connectivity index (χ3n) is 2.42. The SMILES string of the molecule is CCC(=CCOc1ccc(C=O)cc1)C(=O)OC. The molecule has 96 valence electrons. The minimum atomic E-state index is -0.336. The second kappa shape index (κ2) is 7.27. The van der Waals surface area contributed by atoms with Crippen molar-refractivity contribution in [2.24, 2.45) is 0 Å². The van der Waals surface area contributed by atoms with Crippen LogP contribution in [0.1, 0.15) is 23.7 Å². The van der Waals surface area contributed by atoms with Crippen molar-refractivity contribution in [3.63, 3.8) is 0 Å². The van der Waals surface area contributed by atoms with Crippen LogP contribution in [-0.4, -0.2) is 26.0 Å². The van der Waals surface area contributed by atoms with Crippen molar-refractivity contribution < 1.29 is 19.1 Å². The standard InChI is InChI=1S/C14H16O4/c1-3-12(14(16)17-2)8-9-18-13-6-4-11(10-15)5-7-13/h4-8,10H,3,9H2,1-2H3. The molecular weight excluding hydrogens is 232 g/mol. The predicted molar refractivity (Wildman–Crippen MR) is 67.7 cm³/mol. The molecule has 4 nitrogen and oxygen atoms in total. The van der Waals surface area contributed by atoms with E-state index in [1.807, 2.05) is 6.92 Å². The van der Waals surface area contributed by atoms with E-state index in [1.54, 1.807) is 30.3 Å². The van der Waals surface area contributed by atoms with Gasteiger partial charge in [0.05, 0.1) is 7.11 Å². The fourth-order valence-corrected chi connectivity index (χ4v) is 1.38. The highest BCUT2D eigenvalue weighted by Crippen LogP contribution is 2.11. The van der Waals surface area contributed by atoms with Crippen molar-refractivity contribution in [3.05, 3.63) is 41.5 Å². The fraction of sp³-hybridized carbons (Fsp3) is 0.286. The summed E-state index contributed by atoms with van der Waals surface area (Å²) in [7, 11) is 1.35. The monoisotopic (exact) mass is 248 g/mol. The molecule has 0 bridgehead atoms. The Morgan fingerprint density at radius 2 is 1.94 bits per heavy atom. The predicted octanol–water partition coefficient (Wildman–Crippen LogP) is 2.39. The number of ether oxygens (including phenoxy) is 2. The van der Waals surface area contributed by atoms with Crippen LogP contribution in [0.5, 0.6) is 5.75 Å². The molecule has 0 aliphatic rings. The maximum atomic E-state index is 11.3. The highest BCUT2D eigenvalue weighted by Gasteiger charge is 2.05. The summed E-state index contributed by atoms with van der Waals surface area (Å²) >= 11 is 0. The van der Waals surface area contributed by atoms with Crippen LogP contribution in [0.4, 0.5) is 0 Å². The molecule has 18 heavy (non-hydrogen) atoms. The molecule has 0 saturated carbocycles. The van der Waals surface area contributed by atoms with E-state index in [2.05, 4.69) is 4.74 Å². The molecule has 0 amide bonds. The molecule has 1 aromatic carbocycles. The summed E-state index contributed by atoms with van der Waals surface area (Å²) in [6.07, 6.45) is 3.07. The highest BCUT2D eigenvalue weighted by atomic mass is 16.5. The van der Waals surface area contributed by atoms with E-state index in [0.29, 0.717) is 29.9 Å². The first-order chi connectivity index (χ1) is 8.71. The molecule has 0 unspecified atom stereocenters. The zero-order valence-electron chi connectivity index (χ0n) is 10.5. The van der Waals surface area contributed by atoms with E-state index in [4.69, 9.17) is 4.74 Å². The average molecular weight is 248 g/mol. The van der Waals surface area contributed by atoms with Gasteiger partial charge in [-0.15, -0.1) is 0 Å². The van der Waals surface area contributed by atoms with Gasteiger partial charge in [0.2, 0.25) is 0 Å². The summed E-state index contributed by atoms with van der Waals surface area (Å²) in [4.78, 5) is 21.8. The molecule has 0 radical (unpaired) electrons. The molecule has 1 aromatic rings. The molecular formula is C14H16O4. The van der Waals surface area contributed by atoms with E-state index >= 15 is 0 Å². The van der Waals surface area contributed by atoms with Gasteiger partial charge in [0.15, 0.2) is 0 Å². The molecule has 1 rings (SSSR count). The first-order valence-electron chi connectivity index (χ1n) is 5.66. The summed E-state index contributed by atoms with van der Waals surface area (Å²) in [5.74, 6) is 0.314. The summed E-state index contributed by atoms with van der Waals surface area (Å²) in [6, 6.07) is 6.77.